The molecular weight excluding hydrogens is 138 g/mol. The average Bonchev–Trinajstić information content (AvgIpc) is 2.52. The second-order valence-corrected chi connectivity index (χ2v) is 3.60. The summed E-state index contributed by atoms with van der Waals surface area (Å²) in [5.74, 6) is 1.65. The van der Waals surface area contributed by atoms with Crippen molar-refractivity contribution in [3.63, 3.8) is 0 Å². The van der Waals surface area contributed by atoms with Crippen molar-refractivity contribution in [2.24, 2.45) is 11.8 Å². The molecular formula is C9H19NO. The zero-order valence-electron chi connectivity index (χ0n) is 7.34. The van der Waals surface area contributed by atoms with Crippen LogP contribution in [0, 0.1) is 11.8 Å². The van der Waals surface area contributed by atoms with Gasteiger partial charge in [0.15, 0.2) is 0 Å². The molecule has 2 N–H and O–H groups in total. The Morgan fingerprint density at radius 3 is 3.00 bits per heavy atom. The maximum absolute atomic E-state index is 8.64. The van der Waals surface area contributed by atoms with Crippen LogP contribution in [-0.4, -0.2) is 24.8 Å². The summed E-state index contributed by atoms with van der Waals surface area (Å²) in [5.41, 5.74) is 0. The zero-order chi connectivity index (χ0) is 8.10. The van der Waals surface area contributed by atoms with Crippen LogP contribution in [-0.2, 0) is 0 Å². The predicted molar refractivity (Wildman–Crippen MR) is 46.5 cm³/mol. The molecule has 0 aromatic heterocycles. The van der Waals surface area contributed by atoms with Crippen molar-refractivity contribution in [2.75, 3.05) is 19.7 Å². The topological polar surface area (TPSA) is 32.3 Å². The summed E-state index contributed by atoms with van der Waals surface area (Å²) in [6, 6.07) is 0. The standard InChI is InChI=1S/C9H19NO/c1-8(3-2-6-11)9-4-5-10-7-9/h8-11H,2-7H2,1H3. The van der Waals surface area contributed by atoms with Crippen molar-refractivity contribution in [2.45, 2.75) is 26.2 Å². The molecule has 0 aromatic rings. The Bertz CT molecular complexity index is 99.7. The Balaban J connectivity index is 2.12. The molecule has 2 atom stereocenters. The maximum Gasteiger partial charge on any atom is 0.0431 e. The molecule has 0 aliphatic carbocycles. The van der Waals surface area contributed by atoms with Crippen LogP contribution < -0.4 is 5.32 Å². The van der Waals surface area contributed by atoms with Crippen LogP contribution >= 0.6 is 0 Å². The fraction of sp³-hybridized carbons (Fsp3) is 1.00. The minimum Gasteiger partial charge on any atom is -0.396 e. The number of aliphatic hydroxyl groups excluding tert-OH is 1. The van der Waals surface area contributed by atoms with E-state index >= 15 is 0 Å². The van der Waals surface area contributed by atoms with Gasteiger partial charge in [0.1, 0.15) is 0 Å². The fourth-order valence-electron chi connectivity index (χ4n) is 1.81. The number of nitrogens with one attached hydrogen (secondary N) is 1. The van der Waals surface area contributed by atoms with Gasteiger partial charge in [0, 0.05) is 6.61 Å². The van der Waals surface area contributed by atoms with E-state index in [4.69, 9.17) is 5.11 Å². The number of rotatable bonds is 4. The lowest BCUT2D eigenvalue weighted by molar-refractivity contribution is 0.257. The van der Waals surface area contributed by atoms with E-state index in [1.807, 2.05) is 0 Å². The summed E-state index contributed by atoms with van der Waals surface area (Å²) < 4.78 is 0. The molecule has 0 saturated carbocycles. The van der Waals surface area contributed by atoms with Crippen molar-refractivity contribution >= 4 is 0 Å². The molecule has 1 aliphatic heterocycles. The first-order chi connectivity index (χ1) is 5.34. The van der Waals surface area contributed by atoms with E-state index < -0.39 is 0 Å². The quantitative estimate of drug-likeness (QED) is 0.638. The smallest absolute Gasteiger partial charge is 0.0431 e. The lowest BCUT2D eigenvalue weighted by Crippen LogP contribution is -2.15. The lowest BCUT2D eigenvalue weighted by atomic mass is 9.90. The first kappa shape index (κ1) is 9.01. The molecule has 1 rings (SSSR count). The molecule has 1 aliphatic rings. The minimum absolute atomic E-state index is 0.352. The third kappa shape index (κ3) is 2.80. The van der Waals surface area contributed by atoms with E-state index in [9.17, 15) is 0 Å². The summed E-state index contributed by atoms with van der Waals surface area (Å²) in [6.07, 6.45) is 3.48. The van der Waals surface area contributed by atoms with Gasteiger partial charge in [-0.2, -0.15) is 0 Å². The first-order valence-corrected chi connectivity index (χ1v) is 4.66. The lowest BCUT2D eigenvalue weighted by Gasteiger charge is -2.16. The molecule has 66 valence electrons. The fourth-order valence-corrected chi connectivity index (χ4v) is 1.81. The van der Waals surface area contributed by atoms with Gasteiger partial charge in [-0.3, -0.25) is 0 Å². The van der Waals surface area contributed by atoms with Crippen molar-refractivity contribution in [3.05, 3.63) is 0 Å². The van der Waals surface area contributed by atoms with Gasteiger partial charge in [0.2, 0.25) is 0 Å². The largest absolute Gasteiger partial charge is 0.396 e. The van der Waals surface area contributed by atoms with Crippen molar-refractivity contribution in [3.8, 4) is 0 Å². The summed E-state index contributed by atoms with van der Waals surface area (Å²) in [6.45, 7) is 5.03. The normalized spacial score (nSPS) is 27.3. The van der Waals surface area contributed by atoms with Gasteiger partial charge in [-0.1, -0.05) is 6.92 Å². The van der Waals surface area contributed by atoms with Gasteiger partial charge < -0.3 is 10.4 Å². The molecule has 2 nitrogen and oxygen atoms in total. The van der Waals surface area contributed by atoms with Crippen LogP contribution in [0.2, 0.25) is 0 Å². The Kier molecular flexibility index (Phi) is 3.87. The molecule has 1 fully saturated rings. The van der Waals surface area contributed by atoms with Crippen molar-refractivity contribution < 1.29 is 5.11 Å². The van der Waals surface area contributed by atoms with Crippen LogP contribution in [0.3, 0.4) is 0 Å². The monoisotopic (exact) mass is 157 g/mol. The summed E-state index contributed by atoms with van der Waals surface area (Å²) in [5, 5.41) is 12.0. The van der Waals surface area contributed by atoms with Gasteiger partial charge in [-0.05, 0) is 44.2 Å². The SMILES string of the molecule is CC(CCCO)C1CCNC1. The number of aliphatic hydroxyl groups is 1. The zero-order valence-corrected chi connectivity index (χ0v) is 7.34. The summed E-state index contributed by atoms with van der Waals surface area (Å²) in [7, 11) is 0. The van der Waals surface area contributed by atoms with Gasteiger partial charge in [-0.25, -0.2) is 0 Å². The second kappa shape index (κ2) is 4.73. The number of hydrogen-bond acceptors (Lipinski definition) is 2. The third-order valence-corrected chi connectivity index (χ3v) is 2.72. The molecule has 0 amide bonds. The van der Waals surface area contributed by atoms with Crippen LogP contribution in [0.15, 0.2) is 0 Å². The highest BCUT2D eigenvalue weighted by atomic mass is 16.2. The average molecular weight is 157 g/mol. The summed E-state index contributed by atoms with van der Waals surface area (Å²) in [4.78, 5) is 0. The summed E-state index contributed by atoms with van der Waals surface area (Å²) >= 11 is 0. The van der Waals surface area contributed by atoms with E-state index in [2.05, 4.69) is 12.2 Å². The number of hydrogen-bond donors (Lipinski definition) is 2. The van der Waals surface area contributed by atoms with Crippen molar-refractivity contribution in [1.29, 1.82) is 0 Å². The van der Waals surface area contributed by atoms with Gasteiger partial charge in [-0.15, -0.1) is 0 Å². The third-order valence-electron chi connectivity index (χ3n) is 2.72. The molecule has 0 radical (unpaired) electrons. The van der Waals surface area contributed by atoms with Crippen LogP contribution in [0.4, 0.5) is 0 Å². The van der Waals surface area contributed by atoms with Crippen LogP contribution in [0.1, 0.15) is 26.2 Å². The minimum atomic E-state index is 0.352. The first-order valence-electron chi connectivity index (χ1n) is 4.66. The molecule has 2 heteroatoms. The molecule has 2 unspecified atom stereocenters. The molecule has 0 aromatic carbocycles. The van der Waals surface area contributed by atoms with E-state index in [0.717, 1.165) is 18.3 Å². The Labute approximate surface area is 69.0 Å². The van der Waals surface area contributed by atoms with E-state index in [0.29, 0.717) is 6.61 Å². The van der Waals surface area contributed by atoms with E-state index in [1.165, 1.54) is 25.9 Å². The maximum atomic E-state index is 8.64. The second-order valence-electron chi connectivity index (χ2n) is 3.60. The van der Waals surface area contributed by atoms with Crippen LogP contribution in [0.25, 0.3) is 0 Å². The van der Waals surface area contributed by atoms with E-state index in [-0.39, 0.29) is 0 Å². The predicted octanol–water partition coefficient (Wildman–Crippen LogP) is 1.00. The Hall–Kier alpha value is -0.0800. The molecule has 1 saturated heterocycles. The molecule has 11 heavy (non-hydrogen) atoms. The highest BCUT2D eigenvalue weighted by Gasteiger charge is 2.20. The van der Waals surface area contributed by atoms with Crippen molar-refractivity contribution in [1.82, 2.24) is 5.32 Å². The molecule has 0 bridgehead atoms. The Morgan fingerprint density at radius 1 is 1.64 bits per heavy atom. The van der Waals surface area contributed by atoms with E-state index in [1.54, 1.807) is 0 Å². The highest BCUT2D eigenvalue weighted by molar-refractivity contribution is 4.75. The molecule has 0 spiro atoms. The van der Waals surface area contributed by atoms with Gasteiger partial charge >= 0.3 is 0 Å². The Morgan fingerprint density at radius 2 is 2.45 bits per heavy atom. The molecule has 1 heterocycles. The van der Waals surface area contributed by atoms with Crippen LogP contribution in [0.5, 0.6) is 0 Å². The van der Waals surface area contributed by atoms with Gasteiger partial charge in [0.05, 0.1) is 0 Å². The highest BCUT2D eigenvalue weighted by Crippen LogP contribution is 2.22. The van der Waals surface area contributed by atoms with Gasteiger partial charge in [0.25, 0.3) is 0 Å².